The SMILES string of the molecule is C[C@@H](NC(=O)[C@H](O)[C@@H](O)C(=O)N1CCc2nc(N)ncc2C1)c1ccc(-n2cccn2)cc1. The molecule has 0 radical (unpaired) electrons. The van der Waals surface area contributed by atoms with Crippen LogP contribution in [0.2, 0.25) is 0 Å². The number of aromatic nitrogens is 4. The van der Waals surface area contributed by atoms with E-state index in [4.69, 9.17) is 5.73 Å². The molecule has 4 rings (SSSR count). The van der Waals surface area contributed by atoms with Crippen molar-refractivity contribution in [2.75, 3.05) is 12.3 Å². The van der Waals surface area contributed by atoms with Gasteiger partial charge in [0.05, 0.1) is 17.4 Å². The molecule has 0 bridgehead atoms. The van der Waals surface area contributed by atoms with Gasteiger partial charge in [-0.15, -0.1) is 0 Å². The number of nitrogens with zero attached hydrogens (tertiary/aromatic N) is 5. The van der Waals surface area contributed by atoms with Crippen LogP contribution in [0.5, 0.6) is 0 Å². The van der Waals surface area contributed by atoms with Crippen molar-refractivity contribution in [2.45, 2.75) is 38.1 Å². The molecule has 11 heteroatoms. The van der Waals surface area contributed by atoms with Crippen LogP contribution < -0.4 is 11.1 Å². The summed E-state index contributed by atoms with van der Waals surface area (Å²) >= 11 is 0. The van der Waals surface area contributed by atoms with Gasteiger partial charge in [0.1, 0.15) is 0 Å². The Balaban J connectivity index is 1.35. The van der Waals surface area contributed by atoms with Crippen molar-refractivity contribution in [3.8, 4) is 5.69 Å². The minimum atomic E-state index is -1.91. The largest absolute Gasteiger partial charge is 0.380 e. The topological polar surface area (TPSA) is 159 Å². The Hall–Kier alpha value is -3.83. The zero-order chi connectivity index (χ0) is 23.5. The lowest BCUT2D eigenvalue weighted by Gasteiger charge is -2.30. The normalized spacial score (nSPS) is 15.9. The molecule has 3 aromatic rings. The molecule has 2 aromatic heterocycles. The van der Waals surface area contributed by atoms with E-state index in [0.29, 0.717) is 12.0 Å². The monoisotopic (exact) mass is 451 g/mol. The summed E-state index contributed by atoms with van der Waals surface area (Å²) in [6.07, 6.45) is 1.67. The fraction of sp³-hybridized carbons (Fsp3) is 0.318. The minimum absolute atomic E-state index is 0.158. The first-order valence-corrected chi connectivity index (χ1v) is 10.5. The smallest absolute Gasteiger partial charge is 0.255 e. The molecule has 0 unspecified atom stereocenters. The Kier molecular flexibility index (Phi) is 6.33. The number of benzene rings is 1. The fourth-order valence-corrected chi connectivity index (χ4v) is 3.70. The minimum Gasteiger partial charge on any atom is -0.380 e. The molecule has 1 aliphatic heterocycles. The predicted octanol–water partition coefficient (Wildman–Crippen LogP) is -0.272. The van der Waals surface area contributed by atoms with Crippen molar-refractivity contribution in [1.82, 2.24) is 30.0 Å². The Morgan fingerprint density at radius 1 is 1.18 bits per heavy atom. The molecular formula is C22H25N7O4. The van der Waals surface area contributed by atoms with Gasteiger partial charge in [0.2, 0.25) is 5.95 Å². The first-order valence-electron chi connectivity index (χ1n) is 10.5. The molecule has 2 amide bonds. The standard InChI is InChI=1S/C22H25N7O4/c1-13(14-3-5-16(6-4-14)29-9-2-8-25-29)26-20(32)18(30)19(31)21(33)28-10-7-17-15(12-28)11-24-22(23)27-17/h2-6,8-9,11,13,18-19,30-31H,7,10,12H2,1H3,(H,26,32)(H2,23,24,27)/t13-,18-,19-/m1/s1. The summed E-state index contributed by atoms with van der Waals surface area (Å²) in [5.41, 5.74) is 8.69. The number of fused-ring (bicyclic) bond motifs is 1. The van der Waals surface area contributed by atoms with Crippen LogP contribution in [0.25, 0.3) is 5.69 Å². The molecule has 3 atom stereocenters. The molecular weight excluding hydrogens is 426 g/mol. The lowest BCUT2D eigenvalue weighted by Crippen LogP contribution is -2.52. The van der Waals surface area contributed by atoms with Crippen LogP contribution in [0.4, 0.5) is 5.95 Å². The van der Waals surface area contributed by atoms with Gasteiger partial charge < -0.3 is 26.2 Å². The second kappa shape index (κ2) is 9.35. The summed E-state index contributed by atoms with van der Waals surface area (Å²) in [6, 6.07) is 8.73. The number of hydrogen-bond acceptors (Lipinski definition) is 8. The van der Waals surface area contributed by atoms with E-state index >= 15 is 0 Å². The lowest BCUT2D eigenvalue weighted by atomic mass is 10.0. The van der Waals surface area contributed by atoms with Crippen molar-refractivity contribution in [1.29, 1.82) is 0 Å². The molecule has 3 heterocycles. The number of amides is 2. The Bertz CT molecular complexity index is 1130. The summed E-state index contributed by atoms with van der Waals surface area (Å²) in [4.78, 5) is 34.6. The highest BCUT2D eigenvalue weighted by Crippen LogP contribution is 2.19. The Morgan fingerprint density at radius 2 is 1.94 bits per heavy atom. The highest BCUT2D eigenvalue weighted by Gasteiger charge is 2.35. The fourth-order valence-electron chi connectivity index (χ4n) is 3.70. The number of nitrogens with one attached hydrogen (secondary N) is 1. The van der Waals surface area contributed by atoms with Crippen molar-refractivity contribution in [3.63, 3.8) is 0 Å². The summed E-state index contributed by atoms with van der Waals surface area (Å²) < 4.78 is 1.71. The number of aliphatic hydroxyl groups is 2. The molecule has 33 heavy (non-hydrogen) atoms. The van der Waals surface area contributed by atoms with Gasteiger partial charge in [0, 0.05) is 43.7 Å². The van der Waals surface area contributed by atoms with Crippen LogP contribution in [-0.2, 0) is 22.6 Å². The number of carbonyl (C=O) groups is 2. The van der Waals surface area contributed by atoms with Gasteiger partial charge in [-0.25, -0.2) is 14.6 Å². The Labute approximate surface area is 189 Å². The summed E-state index contributed by atoms with van der Waals surface area (Å²) in [7, 11) is 0. The van der Waals surface area contributed by atoms with Gasteiger partial charge in [0.15, 0.2) is 12.2 Å². The predicted molar refractivity (Wildman–Crippen MR) is 118 cm³/mol. The maximum absolute atomic E-state index is 12.7. The molecule has 11 nitrogen and oxygen atoms in total. The zero-order valence-corrected chi connectivity index (χ0v) is 18.0. The molecule has 0 saturated heterocycles. The van der Waals surface area contributed by atoms with E-state index < -0.39 is 30.1 Å². The highest BCUT2D eigenvalue weighted by molar-refractivity contribution is 5.91. The molecule has 0 spiro atoms. The lowest BCUT2D eigenvalue weighted by molar-refractivity contribution is -0.154. The molecule has 1 aromatic carbocycles. The number of nitrogens with two attached hydrogens (primary N) is 1. The number of rotatable bonds is 6. The molecule has 0 fully saturated rings. The third-order valence-electron chi connectivity index (χ3n) is 5.61. The quantitative estimate of drug-likeness (QED) is 0.398. The third-order valence-corrected chi connectivity index (χ3v) is 5.61. The van der Waals surface area contributed by atoms with Crippen LogP contribution >= 0.6 is 0 Å². The van der Waals surface area contributed by atoms with Crippen LogP contribution in [-0.4, -0.2) is 65.4 Å². The summed E-state index contributed by atoms with van der Waals surface area (Å²) in [6.45, 7) is 2.19. The van der Waals surface area contributed by atoms with Crippen LogP contribution in [0.3, 0.4) is 0 Å². The third kappa shape index (κ3) is 4.83. The average Bonchev–Trinajstić information content (AvgIpc) is 3.37. The second-order valence-electron chi connectivity index (χ2n) is 7.87. The van der Waals surface area contributed by atoms with Gasteiger partial charge in [0.25, 0.3) is 11.8 Å². The number of carbonyl (C=O) groups excluding carboxylic acids is 2. The van der Waals surface area contributed by atoms with E-state index in [1.807, 2.05) is 36.5 Å². The van der Waals surface area contributed by atoms with Crippen LogP contribution in [0, 0.1) is 0 Å². The van der Waals surface area contributed by atoms with Gasteiger partial charge in [-0.2, -0.15) is 5.10 Å². The zero-order valence-electron chi connectivity index (χ0n) is 18.0. The maximum Gasteiger partial charge on any atom is 0.255 e. The summed E-state index contributed by atoms with van der Waals surface area (Å²) in [5, 5.41) is 27.5. The second-order valence-corrected chi connectivity index (χ2v) is 7.87. The molecule has 5 N–H and O–H groups in total. The number of aliphatic hydroxyl groups excluding tert-OH is 2. The average molecular weight is 451 g/mol. The van der Waals surface area contributed by atoms with Gasteiger partial charge in [-0.3, -0.25) is 9.59 Å². The van der Waals surface area contributed by atoms with Crippen molar-refractivity contribution < 1.29 is 19.8 Å². The van der Waals surface area contributed by atoms with E-state index in [-0.39, 0.29) is 19.0 Å². The highest BCUT2D eigenvalue weighted by atomic mass is 16.3. The maximum atomic E-state index is 12.7. The number of hydrogen-bond donors (Lipinski definition) is 4. The molecule has 172 valence electrons. The molecule has 1 aliphatic rings. The van der Waals surface area contributed by atoms with Crippen LogP contribution in [0.15, 0.2) is 48.9 Å². The Morgan fingerprint density at radius 3 is 2.64 bits per heavy atom. The first-order chi connectivity index (χ1) is 15.8. The van der Waals surface area contributed by atoms with Crippen molar-refractivity contribution >= 4 is 17.8 Å². The van der Waals surface area contributed by atoms with E-state index in [1.165, 1.54) is 11.1 Å². The van der Waals surface area contributed by atoms with E-state index in [1.54, 1.807) is 17.8 Å². The first kappa shape index (κ1) is 22.4. The van der Waals surface area contributed by atoms with E-state index in [0.717, 1.165) is 16.9 Å². The van der Waals surface area contributed by atoms with Gasteiger partial charge >= 0.3 is 0 Å². The number of anilines is 1. The number of nitrogen functional groups attached to an aromatic ring is 1. The van der Waals surface area contributed by atoms with Crippen molar-refractivity contribution in [2.24, 2.45) is 0 Å². The van der Waals surface area contributed by atoms with E-state index in [2.05, 4.69) is 20.4 Å². The molecule has 0 aliphatic carbocycles. The summed E-state index contributed by atoms with van der Waals surface area (Å²) in [5.74, 6) is -1.42. The van der Waals surface area contributed by atoms with Crippen LogP contribution in [0.1, 0.15) is 29.8 Å². The van der Waals surface area contributed by atoms with Crippen molar-refractivity contribution in [3.05, 3.63) is 65.7 Å². The van der Waals surface area contributed by atoms with E-state index in [9.17, 15) is 19.8 Å². The van der Waals surface area contributed by atoms with Gasteiger partial charge in [-0.1, -0.05) is 12.1 Å². The van der Waals surface area contributed by atoms with Gasteiger partial charge in [-0.05, 0) is 30.7 Å². The molecule has 0 saturated carbocycles.